The van der Waals surface area contributed by atoms with Crippen molar-refractivity contribution in [1.82, 2.24) is 0 Å². The quantitative estimate of drug-likeness (QED) is 0.305. The van der Waals surface area contributed by atoms with Crippen molar-refractivity contribution in [2.24, 2.45) is 11.5 Å². The van der Waals surface area contributed by atoms with Crippen LogP contribution in [0.15, 0.2) is 0 Å². The van der Waals surface area contributed by atoms with E-state index in [4.69, 9.17) is 16.6 Å². The highest BCUT2D eigenvalue weighted by Crippen LogP contribution is 1.76. The third-order valence-corrected chi connectivity index (χ3v) is 0.764. The maximum absolute atomic E-state index is 10.0. The van der Waals surface area contributed by atoms with Crippen LogP contribution in [0.25, 0.3) is 0 Å². The molecule has 0 aliphatic heterocycles. The first-order chi connectivity index (χ1) is 4.68. The minimum absolute atomic E-state index is 0.293. The van der Waals surface area contributed by atoms with Crippen LogP contribution in [0.3, 0.4) is 0 Å². The van der Waals surface area contributed by atoms with Gasteiger partial charge in [-0.05, 0) is 0 Å². The van der Waals surface area contributed by atoms with Gasteiger partial charge in [-0.15, -0.1) is 0 Å². The summed E-state index contributed by atoms with van der Waals surface area (Å²) in [6.45, 7) is 0.643. The van der Waals surface area contributed by atoms with E-state index >= 15 is 0 Å². The molecule has 0 aromatic carbocycles. The SMILES string of the molecule is NCCO[B]C(N)C(=O)O. The van der Waals surface area contributed by atoms with Gasteiger partial charge < -0.3 is 21.2 Å². The molecule has 10 heavy (non-hydrogen) atoms. The number of carboxylic acid groups (broad SMARTS) is 1. The largest absolute Gasteiger partial charge is 0.481 e. The zero-order valence-corrected chi connectivity index (χ0v) is 5.49. The van der Waals surface area contributed by atoms with Crippen molar-refractivity contribution in [2.45, 2.75) is 5.94 Å². The van der Waals surface area contributed by atoms with Gasteiger partial charge in [-0.1, -0.05) is 0 Å². The van der Waals surface area contributed by atoms with Crippen LogP contribution in [-0.2, 0) is 9.45 Å². The zero-order chi connectivity index (χ0) is 7.98. The highest BCUT2D eigenvalue weighted by atomic mass is 16.4. The Labute approximate surface area is 59.6 Å². The molecule has 57 valence electrons. The molecule has 0 spiro atoms. The Morgan fingerprint density at radius 2 is 2.40 bits per heavy atom. The predicted octanol–water partition coefficient (Wildman–Crippen LogP) is -2.05. The molecule has 0 amide bonds. The lowest BCUT2D eigenvalue weighted by Crippen LogP contribution is -2.38. The minimum Gasteiger partial charge on any atom is -0.481 e. The zero-order valence-electron chi connectivity index (χ0n) is 5.49. The van der Waals surface area contributed by atoms with Crippen molar-refractivity contribution in [1.29, 1.82) is 0 Å². The van der Waals surface area contributed by atoms with Gasteiger partial charge in [0, 0.05) is 13.2 Å². The molecule has 5 N–H and O–H groups in total. The highest BCUT2D eigenvalue weighted by molar-refractivity contribution is 6.36. The van der Waals surface area contributed by atoms with E-state index in [0.29, 0.717) is 13.2 Å². The molecule has 0 rings (SSSR count). The Morgan fingerprint density at radius 3 is 2.80 bits per heavy atom. The number of aliphatic carboxylic acids is 1. The number of rotatable bonds is 5. The molecule has 0 bridgehead atoms. The fraction of sp³-hybridized carbons (Fsp3) is 0.750. The lowest BCUT2D eigenvalue weighted by Gasteiger charge is -2.03. The van der Waals surface area contributed by atoms with Crippen LogP contribution in [0.5, 0.6) is 0 Å². The van der Waals surface area contributed by atoms with E-state index in [2.05, 4.69) is 4.65 Å². The maximum Gasteiger partial charge on any atom is 0.323 e. The van der Waals surface area contributed by atoms with Crippen LogP contribution in [0.4, 0.5) is 0 Å². The topological polar surface area (TPSA) is 98.6 Å². The van der Waals surface area contributed by atoms with Crippen molar-refractivity contribution in [3.8, 4) is 0 Å². The monoisotopic (exact) mass is 145 g/mol. The normalized spacial score (nSPS) is 12.6. The Kier molecular flexibility index (Phi) is 4.91. The lowest BCUT2D eigenvalue weighted by atomic mass is 9.89. The molecule has 0 heterocycles. The Bertz CT molecular complexity index is 111. The second-order valence-electron chi connectivity index (χ2n) is 1.66. The molecule has 1 unspecified atom stereocenters. The molecule has 1 radical (unpaired) electrons. The number of carboxylic acids is 1. The summed E-state index contributed by atoms with van der Waals surface area (Å²) in [6, 6.07) is 0. The first kappa shape index (κ1) is 9.41. The maximum atomic E-state index is 10.0. The van der Waals surface area contributed by atoms with E-state index in [-0.39, 0.29) is 0 Å². The second kappa shape index (κ2) is 5.22. The van der Waals surface area contributed by atoms with Crippen LogP contribution in [0.1, 0.15) is 0 Å². The van der Waals surface area contributed by atoms with E-state index in [9.17, 15) is 4.79 Å². The van der Waals surface area contributed by atoms with Crippen molar-refractivity contribution < 1.29 is 14.6 Å². The molecule has 5 nitrogen and oxygen atoms in total. The third kappa shape index (κ3) is 4.31. The van der Waals surface area contributed by atoms with Crippen LogP contribution >= 0.6 is 0 Å². The van der Waals surface area contributed by atoms with E-state index in [1.54, 1.807) is 0 Å². The average molecular weight is 145 g/mol. The van der Waals surface area contributed by atoms with Crippen molar-refractivity contribution >= 4 is 13.5 Å². The standard InChI is InChI=1S/C4H10BN2O3/c6-1-2-10-5-3(7)4(8)9/h3H,1-2,6-7H2,(H,8,9). The molecule has 0 saturated heterocycles. The van der Waals surface area contributed by atoms with Gasteiger partial charge in [-0.25, -0.2) is 0 Å². The smallest absolute Gasteiger partial charge is 0.323 e. The molecule has 0 aromatic heterocycles. The van der Waals surface area contributed by atoms with E-state index in [1.165, 1.54) is 0 Å². The highest BCUT2D eigenvalue weighted by Gasteiger charge is 2.13. The number of hydrogen-bond donors (Lipinski definition) is 3. The van der Waals surface area contributed by atoms with Crippen molar-refractivity contribution in [3.05, 3.63) is 0 Å². The van der Waals surface area contributed by atoms with Gasteiger partial charge in [0.05, 0.1) is 0 Å². The summed E-state index contributed by atoms with van der Waals surface area (Å²) in [5, 5.41) is 8.21. The molecule has 6 heteroatoms. The van der Waals surface area contributed by atoms with Crippen LogP contribution in [0.2, 0.25) is 0 Å². The third-order valence-electron chi connectivity index (χ3n) is 0.764. The van der Waals surface area contributed by atoms with Gasteiger partial charge >= 0.3 is 13.5 Å². The Hall–Kier alpha value is -0.585. The van der Waals surface area contributed by atoms with Gasteiger partial charge in [0.15, 0.2) is 0 Å². The van der Waals surface area contributed by atoms with Gasteiger partial charge in [0.2, 0.25) is 0 Å². The van der Waals surface area contributed by atoms with Crippen LogP contribution < -0.4 is 11.5 Å². The van der Waals surface area contributed by atoms with Crippen molar-refractivity contribution in [3.63, 3.8) is 0 Å². The molecule has 0 fully saturated rings. The molecule has 0 aliphatic rings. The minimum atomic E-state index is -1.11. The fourth-order valence-corrected chi connectivity index (χ4v) is 0.298. The van der Waals surface area contributed by atoms with Gasteiger partial charge in [-0.2, -0.15) is 0 Å². The second-order valence-corrected chi connectivity index (χ2v) is 1.66. The summed E-state index contributed by atoms with van der Waals surface area (Å²) in [7, 11) is 1.05. The van der Waals surface area contributed by atoms with Crippen LogP contribution in [0, 0.1) is 0 Å². The molecule has 0 aromatic rings. The summed E-state index contributed by atoms with van der Waals surface area (Å²) in [5.41, 5.74) is 10.1. The Morgan fingerprint density at radius 1 is 1.80 bits per heavy atom. The summed E-state index contributed by atoms with van der Waals surface area (Å²) in [6.07, 6.45) is 0. The molecule has 0 saturated carbocycles. The summed E-state index contributed by atoms with van der Waals surface area (Å²) >= 11 is 0. The number of carbonyl (C=O) groups is 1. The first-order valence-electron chi connectivity index (χ1n) is 2.82. The number of hydrogen-bond acceptors (Lipinski definition) is 4. The summed E-state index contributed by atoms with van der Waals surface area (Å²) in [5.74, 6) is -2.18. The summed E-state index contributed by atoms with van der Waals surface area (Å²) < 4.78 is 4.65. The first-order valence-corrected chi connectivity index (χ1v) is 2.82. The Balaban J connectivity index is 3.21. The van der Waals surface area contributed by atoms with Gasteiger partial charge in [0.1, 0.15) is 5.94 Å². The van der Waals surface area contributed by atoms with Gasteiger partial charge in [-0.3, -0.25) is 4.79 Å². The van der Waals surface area contributed by atoms with Crippen molar-refractivity contribution in [2.75, 3.05) is 13.2 Å². The lowest BCUT2D eigenvalue weighted by molar-refractivity contribution is -0.136. The fourth-order valence-electron chi connectivity index (χ4n) is 0.298. The number of nitrogens with two attached hydrogens (primary N) is 2. The van der Waals surface area contributed by atoms with Gasteiger partial charge in [0.25, 0.3) is 0 Å². The molecule has 0 aliphatic carbocycles. The van der Waals surface area contributed by atoms with E-state index in [1.807, 2.05) is 0 Å². The average Bonchev–Trinajstić information content (AvgIpc) is 1.88. The van der Waals surface area contributed by atoms with E-state index < -0.39 is 11.9 Å². The van der Waals surface area contributed by atoms with Crippen LogP contribution in [-0.4, -0.2) is 37.7 Å². The summed E-state index contributed by atoms with van der Waals surface area (Å²) in [4.78, 5) is 10.0. The van der Waals surface area contributed by atoms with E-state index in [0.717, 1.165) is 7.48 Å². The molecular formula is C4H10BN2O3. The molecular weight excluding hydrogens is 135 g/mol. The predicted molar refractivity (Wildman–Crippen MR) is 36.4 cm³/mol. The molecule has 1 atom stereocenters.